The first-order valence-electron chi connectivity index (χ1n) is 8.50. The predicted molar refractivity (Wildman–Crippen MR) is 107 cm³/mol. The smallest absolute Gasteiger partial charge is 0.273 e. The van der Waals surface area contributed by atoms with Crippen LogP contribution < -0.4 is 5.56 Å². The molecule has 0 bridgehead atoms. The summed E-state index contributed by atoms with van der Waals surface area (Å²) in [5, 5.41) is 1.71. The zero-order chi connectivity index (χ0) is 17.7. The molecule has 0 saturated heterocycles. The number of fused-ring (bicyclic) bond motifs is 5. The van der Waals surface area contributed by atoms with E-state index in [1.54, 1.807) is 6.07 Å². The molecule has 0 unspecified atom stereocenters. The summed E-state index contributed by atoms with van der Waals surface area (Å²) in [6.07, 6.45) is 0.708. The van der Waals surface area contributed by atoms with E-state index < -0.39 is 0 Å². The molecule has 0 aliphatic rings. The van der Waals surface area contributed by atoms with Gasteiger partial charge in [0, 0.05) is 16.8 Å². The Kier molecular flexibility index (Phi) is 3.37. The maximum Gasteiger partial charge on any atom is 0.273 e. The van der Waals surface area contributed by atoms with Crippen molar-refractivity contribution in [2.45, 2.75) is 6.42 Å². The Balaban J connectivity index is 1.95. The highest BCUT2D eigenvalue weighted by atomic mass is 35.5. The van der Waals surface area contributed by atoms with E-state index in [9.17, 15) is 4.79 Å². The lowest BCUT2D eigenvalue weighted by Gasteiger charge is -2.05. The molecule has 0 aliphatic heterocycles. The van der Waals surface area contributed by atoms with Gasteiger partial charge in [0.1, 0.15) is 5.52 Å². The van der Waals surface area contributed by atoms with Crippen LogP contribution >= 0.6 is 11.6 Å². The fraction of sp³-hybridized carbons (Fsp3) is 0.0455. The first-order valence-corrected chi connectivity index (χ1v) is 8.88. The highest BCUT2D eigenvalue weighted by Gasteiger charge is 2.17. The fourth-order valence-electron chi connectivity index (χ4n) is 3.76. The summed E-state index contributed by atoms with van der Waals surface area (Å²) in [6.45, 7) is 0. The number of nitrogens with zero attached hydrogens (tertiary/aromatic N) is 1. The zero-order valence-corrected chi connectivity index (χ0v) is 14.6. The van der Waals surface area contributed by atoms with Crippen LogP contribution in [0.15, 0.2) is 77.6 Å². The third-order valence-electron chi connectivity index (χ3n) is 4.87. The Morgan fingerprint density at radius 3 is 2.50 bits per heavy atom. The molecule has 0 atom stereocenters. The van der Waals surface area contributed by atoms with E-state index in [1.165, 1.54) is 5.56 Å². The second-order valence-corrected chi connectivity index (χ2v) is 6.89. The fourth-order valence-corrected chi connectivity index (χ4v) is 3.93. The van der Waals surface area contributed by atoms with E-state index in [2.05, 4.69) is 33.7 Å². The summed E-state index contributed by atoms with van der Waals surface area (Å²) in [7, 11) is 0. The van der Waals surface area contributed by atoms with Crippen molar-refractivity contribution in [2.75, 3.05) is 0 Å². The van der Waals surface area contributed by atoms with Gasteiger partial charge in [-0.05, 0) is 35.4 Å². The molecule has 3 nitrogen and oxygen atoms in total. The van der Waals surface area contributed by atoms with Crippen molar-refractivity contribution < 1.29 is 0 Å². The van der Waals surface area contributed by atoms with Gasteiger partial charge in [0.25, 0.3) is 5.56 Å². The molecule has 2 aromatic heterocycles. The largest absolute Gasteiger partial charge is 0.319 e. The number of nitrogens with one attached hydrogen (secondary N) is 1. The van der Waals surface area contributed by atoms with Crippen LogP contribution in [0.5, 0.6) is 0 Å². The van der Waals surface area contributed by atoms with Crippen LogP contribution in [0.4, 0.5) is 0 Å². The van der Waals surface area contributed by atoms with E-state index >= 15 is 0 Å². The third-order valence-corrected chi connectivity index (χ3v) is 5.10. The minimum absolute atomic E-state index is 0.0955. The SMILES string of the molecule is O=c1[nH]c2cc(Cl)ccc2n2c1c(Cc1ccccc1)c1ccccc12. The van der Waals surface area contributed by atoms with Crippen LogP contribution in [-0.2, 0) is 6.42 Å². The van der Waals surface area contributed by atoms with Gasteiger partial charge in [-0.25, -0.2) is 0 Å². The lowest BCUT2D eigenvalue weighted by Crippen LogP contribution is -2.11. The van der Waals surface area contributed by atoms with Crippen LogP contribution in [-0.4, -0.2) is 9.38 Å². The van der Waals surface area contributed by atoms with Gasteiger partial charge >= 0.3 is 0 Å². The van der Waals surface area contributed by atoms with Crippen molar-refractivity contribution >= 4 is 39.1 Å². The van der Waals surface area contributed by atoms with Gasteiger partial charge in [0.05, 0.1) is 16.6 Å². The molecule has 3 aromatic carbocycles. The average molecular weight is 359 g/mol. The molecule has 126 valence electrons. The van der Waals surface area contributed by atoms with Gasteiger partial charge in [0.15, 0.2) is 0 Å². The van der Waals surface area contributed by atoms with E-state index in [-0.39, 0.29) is 5.56 Å². The maximum atomic E-state index is 13.0. The van der Waals surface area contributed by atoms with Gasteiger partial charge < -0.3 is 9.38 Å². The number of H-pyrrole nitrogens is 1. The monoisotopic (exact) mass is 358 g/mol. The van der Waals surface area contributed by atoms with Crippen LogP contribution in [0.2, 0.25) is 5.02 Å². The molecule has 0 spiro atoms. The van der Waals surface area contributed by atoms with E-state index in [4.69, 9.17) is 11.6 Å². The Hall–Kier alpha value is -3.04. The number of aromatic amines is 1. The summed E-state index contributed by atoms with van der Waals surface area (Å²) in [4.78, 5) is 16.0. The number of hydrogen-bond acceptors (Lipinski definition) is 1. The first kappa shape index (κ1) is 15.2. The number of hydrogen-bond donors (Lipinski definition) is 1. The zero-order valence-electron chi connectivity index (χ0n) is 13.9. The van der Waals surface area contributed by atoms with Crippen LogP contribution in [0.25, 0.3) is 27.5 Å². The van der Waals surface area contributed by atoms with Crippen LogP contribution in [0.3, 0.4) is 0 Å². The Labute approximate surface area is 154 Å². The standard InChI is InChI=1S/C22H15ClN2O/c23-15-10-11-20-18(13-15)24-22(26)21-17(12-14-6-2-1-3-7-14)16-8-4-5-9-19(16)25(20)21/h1-11,13H,12H2,(H,24,26). The minimum Gasteiger partial charge on any atom is -0.319 e. The summed E-state index contributed by atoms with van der Waals surface area (Å²) in [5.41, 5.74) is 5.55. The summed E-state index contributed by atoms with van der Waals surface area (Å²) in [5.74, 6) is 0. The molecule has 26 heavy (non-hydrogen) atoms. The number of rotatable bonds is 2. The Morgan fingerprint density at radius 2 is 1.65 bits per heavy atom. The second-order valence-electron chi connectivity index (χ2n) is 6.46. The number of para-hydroxylation sites is 1. The predicted octanol–water partition coefficient (Wildman–Crippen LogP) is 5.18. The summed E-state index contributed by atoms with van der Waals surface area (Å²) < 4.78 is 2.05. The van der Waals surface area contributed by atoms with Crippen molar-refractivity contribution in [3.63, 3.8) is 0 Å². The van der Waals surface area contributed by atoms with Gasteiger partial charge in [-0.3, -0.25) is 4.79 Å². The van der Waals surface area contributed by atoms with Crippen LogP contribution in [0, 0.1) is 0 Å². The average Bonchev–Trinajstić information content (AvgIpc) is 2.98. The maximum absolute atomic E-state index is 13.0. The highest BCUT2D eigenvalue weighted by molar-refractivity contribution is 6.31. The van der Waals surface area contributed by atoms with Crippen molar-refractivity contribution in [1.82, 2.24) is 9.38 Å². The molecular formula is C22H15ClN2O. The van der Waals surface area contributed by atoms with E-state index in [0.717, 1.165) is 27.5 Å². The van der Waals surface area contributed by atoms with E-state index in [1.807, 2.05) is 42.5 Å². The lowest BCUT2D eigenvalue weighted by atomic mass is 10.0. The van der Waals surface area contributed by atoms with Gasteiger partial charge in [-0.2, -0.15) is 0 Å². The van der Waals surface area contributed by atoms with Crippen molar-refractivity contribution in [3.8, 4) is 0 Å². The molecule has 0 saturated carbocycles. The van der Waals surface area contributed by atoms with Gasteiger partial charge in [-0.1, -0.05) is 60.1 Å². The Bertz CT molecular complexity index is 1330. The molecular weight excluding hydrogens is 344 g/mol. The lowest BCUT2D eigenvalue weighted by molar-refractivity contribution is 1.17. The van der Waals surface area contributed by atoms with Crippen molar-refractivity contribution in [1.29, 1.82) is 0 Å². The molecule has 5 aromatic rings. The number of aromatic nitrogens is 2. The number of benzene rings is 3. The molecule has 0 aliphatic carbocycles. The quantitative estimate of drug-likeness (QED) is 0.464. The van der Waals surface area contributed by atoms with Crippen LogP contribution in [0.1, 0.15) is 11.1 Å². The molecule has 1 N–H and O–H groups in total. The number of halogens is 1. The summed E-state index contributed by atoms with van der Waals surface area (Å²) in [6, 6.07) is 24.0. The molecule has 5 rings (SSSR count). The van der Waals surface area contributed by atoms with Crippen molar-refractivity contribution in [2.24, 2.45) is 0 Å². The summed E-state index contributed by atoms with van der Waals surface area (Å²) >= 11 is 6.12. The molecule has 0 fully saturated rings. The second kappa shape index (κ2) is 5.75. The molecule has 2 heterocycles. The van der Waals surface area contributed by atoms with Crippen molar-refractivity contribution in [3.05, 3.63) is 99.3 Å². The topological polar surface area (TPSA) is 37.3 Å². The highest BCUT2D eigenvalue weighted by Crippen LogP contribution is 2.30. The van der Waals surface area contributed by atoms with E-state index in [0.29, 0.717) is 17.0 Å². The minimum atomic E-state index is -0.0955. The first-order chi connectivity index (χ1) is 12.7. The Morgan fingerprint density at radius 1 is 0.885 bits per heavy atom. The molecule has 0 radical (unpaired) electrons. The van der Waals surface area contributed by atoms with Gasteiger partial charge in [-0.15, -0.1) is 0 Å². The molecule has 0 amide bonds. The normalized spacial score (nSPS) is 11.6. The third kappa shape index (κ3) is 2.25. The van der Waals surface area contributed by atoms with Gasteiger partial charge in [0.2, 0.25) is 0 Å². The molecule has 4 heteroatoms.